The maximum Gasteiger partial charge on any atom is 0.222 e. The molecule has 0 fully saturated rings. The van der Waals surface area contributed by atoms with Crippen LogP contribution in [0.3, 0.4) is 0 Å². The average molecular weight is 241 g/mol. The lowest BCUT2D eigenvalue weighted by atomic mass is 10.4. The Labute approximate surface area is 101 Å². The second kappa shape index (κ2) is 8.72. The summed E-state index contributed by atoms with van der Waals surface area (Å²) in [7, 11) is 3.25. The van der Waals surface area contributed by atoms with Crippen molar-refractivity contribution in [1.29, 1.82) is 0 Å². The minimum Gasteiger partial charge on any atom is -0.494 e. The summed E-state index contributed by atoms with van der Waals surface area (Å²) in [5, 5.41) is 3.10. The van der Waals surface area contributed by atoms with E-state index in [-0.39, 0.29) is 0 Å². The SMILES string of the molecule is COCCOCCCNc1ncc(OC)cn1. The van der Waals surface area contributed by atoms with Crippen molar-refractivity contribution < 1.29 is 14.2 Å². The van der Waals surface area contributed by atoms with E-state index in [0.717, 1.165) is 13.0 Å². The molecule has 0 amide bonds. The Hall–Kier alpha value is -1.40. The number of ether oxygens (including phenoxy) is 3. The lowest BCUT2D eigenvalue weighted by Gasteiger charge is -2.06. The fourth-order valence-electron chi connectivity index (χ4n) is 1.13. The Balaban J connectivity index is 2.05. The van der Waals surface area contributed by atoms with Crippen LogP contribution < -0.4 is 10.1 Å². The molecule has 0 unspecified atom stereocenters. The zero-order valence-electron chi connectivity index (χ0n) is 10.3. The van der Waals surface area contributed by atoms with Crippen LogP contribution in [-0.4, -0.2) is 50.6 Å². The highest BCUT2D eigenvalue weighted by atomic mass is 16.5. The number of rotatable bonds is 9. The third-order valence-corrected chi connectivity index (χ3v) is 2.04. The van der Waals surface area contributed by atoms with Gasteiger partial charge in [0.15, 0.2) is 5.75 Å². The van der Waals surface area contributed by atoms with Gasteiger partial charge in [0.2, 0.25) is 5.95 Å². The van der Waals surface area contributed by atoms with Crippen LogP contribution >= 0.6 is 0 Å². The molecular weight excluding hydrogens is 222 g/mol. The third kappa shape index (κ3) is 6.03. The van der Waals surface area contributed by atoms with Gasteiger partial charge >= 0.3 is 0 Å². The number of nitrogens with one attached hydrogen (secondary N) is 1. The fourth-order valence-corrected chi connectivity index (χ4v) is 1.13. The van der Waals surface area contributed by atoms with E-state index in [1.807, 2.05) is 0 Å². The number of anilines is 1. The van der Waals surface area contributed by atoms with E-state index >= 15 is 0 Å². The third-order valence-electron chi connectivity index (χ3n) is 2.04. The number of nitrogens with zero attached hydrogens (tertiary/aromatic N) is 2. The van der Waals surface area contributed by atoms with Gasteiger partial charge in [0.05, 0.1) is 32.7 Å². The van der Waals surface area contributed by atoms with Gasteiger partial charge in [-0.1, -0.05) is 0 Å². The molecule has 6 heteroatoms. The molecule has 0 radical (unpaired) electrons. The lowest BCUT2D eigenvalue weighted by Crippen LogP contribution is -2.09. The second-order valence-corrected chi connectivity index (χ2v) is 3.33. The number of hydrogen-bond donors (Lipinski definition) is 1. The molecule has 1 N–H and O–H groups in total. The van der Waals surface area contributed by atoms with Gasteiger partial charge in [0, 0.05) is 20.3 Å². The number of hydrogen-bond acceptors (Lipinski definition) is 6. The molecule has 1 rings (SSSR count). The van der Waals surface area contributed by atoms with Gasteiger partial charge in [0.25, 0.3) is 0 Å². The van der Waals surface area contributed by atoms with Crippen LogP contribution in [0.5, 0.6) is 5.75 Å². The predicted molar refractivity (Wildman–Crippen MR) is 64.4 cm³/mol. The summed E-state index contributed by atoms with van der Waals surface area (Å²) in [6.07, 6.45) is 4.16. The summed E-state index contributed by atoms with van der Waals surface area (Å²) in [4.78, 5) is 8.18. The van der Waals surface area contributed by atoms with Crippen LogP contribution in [0.15, 0.2) is 12.4 Å². The molecule has 0 atom stereocenters. The molecule has 96 valence electrons. The van der Waals surface area contributed by atoms with Crippen molar-refractivity contribution in [3.63, 3.8) is 0 Å². The minimum atomic E-state index is 0.600. The average Bonchev–Trinajstić information content (AvgIpc) is 2.38. The van der Waals surface area contributed by atoms with Gasteiger partial charge in [-0.25, -0.2) is 9.97 Å². The van der Waals surface area contributed by atoms with Gasteiger partial charge in [-0.3, -0.25) is 0 Å². The largest absolute Gasteiger partial charge is 0.494 e. The lowest BCUT2D eigenvalue weighted by molar-refractivity contribution is 0.0705. The van der Waals surface area contributed by atoms with Crippen molar-refractivity contribution >= 4 is 5.95 Å². The van der Waals surface area contributed by atoms with Gasteiger partial charge in [-0.2, -0.15) is 0 Å². The van der Waals surface area contributed by atoms with Gasteiger partial charge < -0.3 is 19.5 Å². The Kier molecular flexibility index (Phi) is 7.01. The van der Waals surface area contributed by atoms with E-state index in [0.29, 0.717) is 31.5 Å². The number of methoxy groups -OCH3 is 2. The first kappa shape index (κ1) is 13.7. The van der Waals surface area contributed by atoms with E-state index in [1.54, 1.807) is 26.6 Å². The first-order chi connectivity index (χ1) is 8.36. The molecule has 0 bridgehead atoms. The van der Waals surface area contributed by atoms with Crippen molar-refractivity contribution in [3.8, 4) is 5.75 Å². The van der Waals surface area contributed by atoms with Crippen LogP contribution in [-0.2, 0) is 9.47 Å². The molecular formula is C11H19N3O3. The van der Waals surface area contributed by atoms with E-state index < -0.39 is 0 Å². The standard InChI is InChI=1S/C11H19N3O3/c1-15-6-7-17-5-3-4-12-11-13-8-10(16-2)9-14-11/h8-9H,3-7H2,1-2H3,(H,12,13,14). The molecule has 0 aliphatic carbocycles. The molecule has 17 heavy (non-hydrogen) atoms. The molecule has 6 nitrogen and oxygen atoms in total. The van der Waals surface area contributed by atoms with Crippen LogP contribution in [0, 0.1) is 0 Å². The Morgan fingerprint density at radius 1 is 1.12 bits per heavy atom. The maximum absolute atomic E-state index is 5.32. The van der Waals surface area contributed by atoms with E-state index in [2.05, 4.69) is 15.3 Å². The monoisotopic (exact) mass is 241 g/mol. The summed E-state index contributed by atoms with van der Waals surface area (Å²) in [5.74, 6) is 1.25. The fraction of sp³-hybridized carbons (Fsp3) is 0.636. The Morgan fingerprint density at radius 3 is 2.53 bits per heavy atom. The predicted octanol–water partition coefficient (Wildman–Crippen LogP) is 0.950. The molecule has 0 aliphatic heterocycles. The molecule has 0 aromatic carbocycles. The highest BCUT2D eigenvalue weighted by molar-refractivity contribution is 5.26. The summed E-state index contributed by atoms with van der Waals surface area (Å²) in [5.41, 5.74) is 0. The first-order valence-corrected chi connectivity index (χ1v) is 5.53. The van der Waals surface area contributed by atoms with Crippen LogP contribution in [0.25, 0.3) is 0 Å². The van der Waals surface area contributed by atoms with Crippen molar-refractivity contribution in [2.75, 3.05) is 45.9 Å². The van der Waals surface area contributed by atoms with Crippen LogP contribution in [0.4, 0.5) is 5.95 Å². The van der Waals surface area contributed by atoms with Crippen LogP contribution in [0.1, 0.15) is 6.42 Å². The second-order valence-electron chi connectivity index (χ2n) is 3.33. The molecule has 1 heterocycles. The Morgan fingerprint density at radius 2 is 1.88 bits per heavy atom. The Bertz CT molecular complexity index is 293. The summed E-state index contributed by atoms with van der Waals surface area (Å²) in [6.45, 7) is 2.75. The molecule has 0 saturated carbocycles. The molecule has 1 aromatic heterocycles. The molecule has 0 saturated heterocycles. The smallest absolute Gasteiger partial charge is 0.222 e. The van der Waals surface area contributed by atoms with Crippen molar-refractivity contribution in [2.24, 2.45) is 0 Å². The van der Waals surface area contributed by atoms with Crippen LogP contribution in [0.2, 0.25) is 0 Å². The van der Waals surface area contributed by atoms with Crippen molar-refractivity contribution in [2.45, 2.75) is 6.42 Å². The number of aromatic nitrogens is 2. The molecule has 0 aliphatic rings. The summed E-state index contributed by atoms with van der Waals surface area (Å²) in [6, 6.07) is 0. The normalized spacial score (nSPS) is 10.2. The first-order valence-electron chi connectivity index (χ1n) is 5.53. The van der Waals surface area contributed by atoms with Gasteiger partial charge in [-0.05, 0) is 6.42 Å². The molecule has 0 spiro atoms. The minimum absolute atomic E-state index is 0.600. The summed E-state index contributed by atoms with van der Waals surface area (Å²) < 4.78 is 15.2. The summed E-state index contributed by atoms with van der Waals surface area (Å²) >= 11 is 0. The zero-order valence-corrected chi connectivity index (χ0v) is 10.3. The quantitative estimate of drug-likeness (QED) is 0.649. The van der Waals surface area contributed by atoms with Gasteiger partial charge in [-0.15, -0.1) is 0 Å². The van der Waals surface area contributed by atoms with E-state index in [4.69, 9.17) is 14.2 Å². The maximum atomic E-state index is 5.32. The topological polar surface area (TPSA) is 65.5 Å². The molecule has 1 aromatic rings. The van der Waals surface area contributed by atoms with Crippen molar-refractivity contribution in [3.05, 3.63) is 12.4 Å². The zero-order chi connectivity index (χ0) is 12.3. The van der Waals surface area contributed by atoms with Crippen molar-refractivity contribution in [1.82, 2.24) is 9.97 Å². The van der Waals surface area contributed by atoms with E-state index in [9.17, 15) is 0 Å². The highest BCUT2D eigenvalue weighted by Crippen LogP contribution is 2.06. The van der Waals surface area contributed by atoms with Gasteiger partial charge in [0.1, 0.15) is 0 Å². The highest BCUT2D eigenvalue weighted by Gasteiger charge is 1.96. The van der Waals surface area contributed by atoms with E-state index in [1.165, 1.54) is 0 Å².